The first-order valence-corrected chi connectivity index (χ1v) is 12.7. The van der Waals surface area contributed by atoms with Gasteiger partial charge in [0.2, 0.25) is 0 Å². The van der Waals surface area contributed by atoms with Crippen molar-refractivity contribution >= 4 is 5.78 Å². The van der Waals surface area contributed by atoms with Crippen molar-refractivity contribution < 1.29 is 19.0 Å². The molecule has 1 aliphatic carbocycles. The van der Waals surface area contributed by atoms with E-state index in [0.29, 0.717) is 45.2 Å². The number of Topliss-reactive ketones (excluding diaryl/α,β-unsaturated/α-hetero) is 1. The second-order valence-corrected chi connectivity index (χ2v) is 9.41. The summed E-state index contributed by atoms with van der Waals surface area (Å²) in [6, 6.07) is 17.8. The van der Waals surface area contributed by atoms with E-state index in [1.807, 2.05) is 49.4 Å². The third kappa shape index (κ3) is 5.62. The predicted molar refractivity (Wildman–Crippen MR) is 133 cm³/mol. The van der Waals surface area contributed by atoms with Crippen LogP contribution in [0.1, 0.15) is 50.7 Å². The number of carbonyl (C=O) groups is 1. The maximum atomic E-state index is 13.6. The van der Waals surface area contributed by atoms with Crippen molar-refractivity contribution in [3.63, 3.8) is 0 Å². The number of nitrogens with zero attached hydrogens (tertiary/aromatic N) is 1. The monoisotopic (exact) mass is 466 g/mol. The van der Waals surface area contributed by atoms with Crippen LogP contribution in [0.15, 0.2) is 54.6 Å². The Morgan fingerprint density at radius 2 is 1.79 bits per heavy atom. The van der Waals surface area contributed by atoms with E-state index in [0.717, 1.165) is 37.0 Å². The van der Waals surface area contributed by atoms with Crippen molar-refractivity contribution in [1.29, 1.82) is 0 Å². The minimum Gasteiger partial charge on any atom is -0.490 e. The van der Waals surface area contributed by atoms with E-state index in [4.69, 9.17) is 19.9 Å². The molecule has 0 radical (unpaired) electrons. The zero-order valence-corrected chi connectivity index (χ0v) is 20.3. The molecule has 1 saturated heterocycles. The molecular weight excluding hydrogens is 428 g/mol. The molecule has 0 amide bonds. The standard InChI is InChI=1S/C28H38N2O4/c1-2-33-24-13-7-8-14-25(24)34-27(22-11-5-3-6-12-22)23-20-32-18-17-30(23)19-26(31)28(21-29)15-9-4-10-16-28/h3,5-8,11-14,23,27H,2,4,9-10,15-21,29H2,1H3. The predicted octanol–water partition coefficient (Wildman–Crippen LogP) is 4.38. The van der Waals surface area contributed by atoms with Gasteiger partial charge in [0.1, 0.15) is 6.10 Å². The number of ether oxygens (including phenoxy) is 3. The van der Waals surface area contributed by atoms with Gasteiger partial charge in [-0.25, -0.2) is 0 Å². The number of rotatable bonds is 10. The summed E-state index contributed by atoms with van der Waals surface area (Å²) >= 11 is 0. The minimum absolute atomic E-state index is 0.104. The van der Waals surface area contributed by atoms with Crippen LogP contribution >= 0.6 is 0 Å². The van der Waals surface area contributed by atoms with Crippen LogP contribution in [0.25, 0.3) is 0 Å². The molecule has 2 atom stereocenters. The molecule has 0 spiro atoms. The lowest BCUT2D eigenvalue weighted by Crippen LogP contribution is -2.54. The fourth-order valence-electron chi connectivity index (χ4n) is 5.28. The van der Waals surface area contributed by atoms with Crippen LogP contribution in [0, 0.1) is 5.41 Å². The lowest BCUT2D eigenvalue weighted by Gasteiger charge is -2.42. The quantitative estimate of drug-likeness (QED) is 0.560. The number of ketones is 1. The molecule has 1 aliphatic heterocycles. The Hall–Kier alpha value is -2.41. The number of carbonyl (C=O) groups excluding carboxylic acids is 1. The van der Waals surface area contributed by atoms with Crippen molar-refractivity contribution in [3.05, 3.63) is 60.2 Å². The maximum Gasteiger partial charge on any atom is 0.162 e. The summed E-state index contributed by atoms with van der Waals surface area (Å²) < 4.78 is 18.4. The van der Waals surface area contributed by atoms with Gasteiger partial charge in [-0.1, -0.05) is 61.7 Å². The average molecular weight is 467 g/mol. The van der Waals surface area contributed by atoms with Crippen molar-refractivity contribution in [3.8, 4) is 11.5 Å². The van der Waals surface area contributed by atoms with Gasteiger partial charge in [-0.05, 0) is 37.5 Å². The van der Waals surface area contributed by atoms with Gasteiger partial charge in [0.15, 0.2) is 17.3 Å². The summed E-state index contributed by atoms with van der Waals surface area (Å²) in [5.41, 5.74) is 6.84. The third-order valence-corrected chi connectivity index (χ3v) is 7.30. The van der Waals surface area contributed by atoms with E-state index in [-0.39, 0.29) is 23.3 Å². The lowest BCUT2D eigenvalue weighted by atomic mass is 9.71. The molecule has 4 rings (SSSR count). The second-order valence-electron chi connectivity index (χ2n) is 9.41. The van der Waals surface area contributed by atoms with Gasteiger partial charge in [0, 0.05) is 18.5 Å². The van der Waals surface area contributed by atoms with Crippen LogP contribution in [0.4, 0.5) is 0 Å². The highest BCUT2D eigenvalue weighted by Gasteiger charge is 2.41. The molecule has 2 aliphatic rings. The van der Waals surface area contributed by atoms with E-state index in [2.05, 4.69) is 17.0 Å². The number of morpholine rings is 1. The maximum absolute atomic E-state index is 13.6. The summed E-state index contributed by atoms with van der Waals surface area (Å²) in [5, 5.41) is 0. The van der Waals surface area contributed by atoms with Crippen molar-refractivity contribution in [1.82, 2.24) is 4.90 Å². The van der Waals surface area contributed by atoms with Crippen LogP contribution in [-0.2, 0) is 9.53 Å². The summed E-state index contributed by atoms with van der Waals surface area (Å²) in [6.07, 6.45) is 4.85. The van der Waals surface area contributed by atoms with Crippen LogP contribution < -0.4 is 15.2 Å². The Balaban J connectivity index is 1.61. The van der Waals surface area contributed by atoms with Crippen LogP contribution in [0.2, 0.25) is 0 Å². The molecule has 6 heteroatoms. The average Bonchev–Trinajstić information content (AvgIpc) is 2.89. The Morgan fingerprint density at radius 3 is 2.50 bits per heavy atom. The largest absolute Gasteiger partial charge is 0.490 e. The van der Waals surface area contributed by atoms with Gasteiger partial charge >= 0.3 is 0 Å². The highest BCUT2D eigenvalue weighted by atomic mass is 16.5. The first kappa shape index (κ1) is 24.7. The summed E-state index contributed by atoms with van der Waals surface area (Å²) in [4.78, 5) is 15.8. The molecule has 184 valence electrons. The highest BCUT2D eigenvalue weighted by molar-refractivity contribution is 5.87. The smallest absolute Gasteiger partial charge is 0.162 e. The molecule has 2 aromatic rings. The zero-order chi connectivity index (χ0) is 23.8. The number of benzene rings is 2. The Bertz CT molecular complexity index is 914. The lowest BCUT2D eigenvalue weighted by molar-refractivity contribution is -0.135. The third-order valence-electron chi connectivity index (χ3n) is 7.30. The topological polar surface area (TPSA) is 74.0 Å². The first-order valence-electron chi connectivity index (χ1n) is 12.7. The van der Waals surface area contributed by atoms with E-state index in [1.54, 1.807) is 0 Å². The molecule has 6 nitrogen and oxygen atoms in total. The van der Waals surface area contributed by atoms with Gasteiger partial charge in [-0.3, -0.25) is 9.69 Å². The van der Waals surface area contributed by atoms with Crippen molar-refractivity contribution in [2.45, 2.75) is 51.2 Å². The normalized spacial score (nSPS) is 21.5. The fraction of sp³-hybridized carbons (Fsp3) is 0.536. The van der Waals surface area contributed by atoms with E-state index >= 15 is 0 Å². The Labute approximate surface area is 203 Å². The second kappa shape index (κ2) is 11.8. The van der Waals surface area contributed by atoms with Gasteiger partial charge < -0.3 is 19.9 Å². The molecule has 1 heterocycles. The molecular formula is C28H38N2O4. The number of hydrogen-bond donors (Lipinski definition) is 1. The van der Waals surface area contributed by atoms with Crippen LogP contribution in [0.5, 0.6) is 11.5 Å². The van der Waals surface area contributed by atoms with Gasteiger partial charge in [0.05, 0.1) is 32.4 Å². The number of hydrogen-bond acceptors (Lipinski definition) is 6. The minimum atomic E-state index is -0.383. The molecule has 2 unspecified atom stereocenters. The summed E-state index contributed by atoms with van der Waals surface area (Å²) in [7, 11) is 0. The van der Waals surface area contributed by atoms with E-state index in [9.17, 15) is 4.79 Å². The first-order chi connectivity index (χ1) is 16.7. The van der Waals surface area contributed by atoms with Gasteiger partial charge in [-0.15, -0.1) is 0 Å². The van der Waals surface area contributed by atoms with E-state index < -0.39 is 0 Å². The molecule has 2 fully saturated rings. The van der Waals surface area contributed by atoms with Crippen molar-refractivity contribution in [2.75, 3.05) is 39.5 Å². The van der Waals surface area contributed by atoms with Crippen LogP contribution in [0.3, 0.4) is 0 Å². The zero-order valence-electron chi connectivity index (χ0n) is 20.3. The van der Waals surface area contributed by atoms with Gasteiger partial charge in [0.25, 0.3) is 0 Å². The van der Waals surface area contributed by atoms with Gasteiger partial charge in [-0.2, -0.15) is 0 Å². The number of nitrogens with two attached hydrogens (primary N) is 1. The summed E-state index contributed by atoms with van der Waals surface area (Å²) in [6.45, 7) is 5.13. The Morgan fingerprint density at radius 1 is 1.09 bits per heavy atom. The fourth-order valence-corrected chi connectivity index (χ4v) is 5.28. The molecule has 0 aromatic heterocycles. The summed E-state index contributed by atoms with van der Waals surface area (Å²) in [5.74, 6) is 1.68. The molecule has 34 heavy (non-hydrogen) atoms. The highest BCUT2D eigenvalue weighted by Crippen LogP contribution is 2.38. The molecule has 1 saturated carbocycles. The molecule has 2 N–H and O–H groups in total. The van der Waals surface area contributed by atoms with Crippen molar-refractivity contribution in [2.24, 2.45) is 11.1 Å². The SMILES string of the molecule is CCOc1ccccc1OC(c1ccccc1)C1COCCN1CC(=O)C1(CN)CCCCC1. The van der Waals surface area contributed by atoms with Crippen LogP contribution in [-0.4, -0.2) is 56.2 Å². The molecule has 2 aromatic carbocycles. The molecule has 0 bridgehead atoms. The van der Waals surface area contributed by atoms with E-state index in [1.165, 1.54) is 6.42 Å². The Kier molecular flexibility index (Phi) is 8.59. The number of para-hydroxylation sites is 2.